The van der Waals surface area contributed by atoms with Crippen molar-refractivity contribution in [3.8, 4) is 11.5 Å². The van der Waals surface area contributed by atoms with Crippen LogP contribution >= 0.6 is 0 Å². The van der Waals surface area contributed by atoms with E-state index in [1.165, 1.54) is 0 Å². The SMILES string of the molecule is CCOC(=O)C1=C(CNc2cccc(OC)c2)NC(=O)NC1c1ccc(OC)cc1. The molecule has 8 heteroatoms. The number of hydrogen-bond acceptors (Lipinski definition) is 6. The molecule has 2 amide bonds. The Morgan fingerprint density at radius 3 is 2.47 bits per heavy atom. The van der Waals surface area contributed by atoms with Crippen LogP contribution in [0.1, 0.15) is 18.5 Å². The van der Waals surface area contributed by atoms with Gasteiger partial charge in [0.15, 0.2) is 0 Å². The van der Waals surface area contributed by atoms with Gasteiger partial charge in [-0.15, -0.1) is 0 Å². The molecule has 0 aromatic heterocycles. The monoisotopic (exact) mass is 411 g/mol. The highest BCUT2D eigenvalue weighted by Crippen LogP contribution is 2.29. The average Bonchev–Trinajstić information content (AvgIpc) is 2.77. The molecule has 0 spiro atoms. The Kier molecular flexibility index (Phi) is 6.79. The van der Waals surface area contributed by atoms with Gasteiger partial charge in [-0.3, -0.25) is 0 Å². The Hall–Kier alpha value is -3.68. The van der Waals surface area contributed by atoms with Crippen LogP contribution in [0.5, 0.6) is 11.5 Å². The Morgan fingerprint density at radius 1 is 1.07 bits per heavy atom. The molecule has 1 aliphatic rings. The fourth-order valence-corrected chi connectivity index (χ4v) is 3.18. The number of hydrogen-bond donors (Lipinski definition) is 3. The van der Waals surface area contributed by atoms with Gasteiger partial charge in [-0.25, -0.2) is 9.59 Å². The van der Waals surface area contributed by atoms with Crippen LogP contribution in [-0.2, 0) is 9.53 Å². The molecule has 1 aliphatic heterocycles. The van der Waals surface area contributed by atoms with Crippen LogP contribution in [0.25, 0.3) is 0 Å². The highest BCUT2D eigenvalue weighted by Gasteiger charge is 2.33. The maximum Gasteiger partial charge on any atom is 0.338 e. The van der Waals surface area contributed by atoms with E-state index in [1.807, 2.05) is 24.3 Å². The molecule has 1 heterocycles. The number of methoxy groups -OCH3 is 2. The highest BCUT2D eigenvalue weighted by atomic mass is 16.5. The van der Waals surface area contributed by atoms with Crippen LogP contribution in [0, 0.1) is 0 Å². The third-order valence-electron chi connectivity index (χ3n) is 4.64. The van der Waals surface area contributed by atoms with E-state index in [1.54, 1.807) is 45.4 Å². The predicted molar refractivity (Wildman–Crippen MR) is 113 cm³/mol. The van der Waals surface area contributed by atoms with Crippen molar-refractivity contribution in [1.82, 2.24) is 10.6 Å². The number of amides is 2. The van der Waals surface area contributed by atoms with Crippen molar-refractivity contribution < 1.29 is 23.8 Å². The second kappa shape index (κ2) is 9.69. The lowest BCUT2D eigenvalue weighted by Crippen LogP contribution is -2.47. The topological polar surface area (TPSA) is 97.9 Å². The van der Waals surface area contributed by atoms with Gasteiger partial charge in [0.05, 0.1) is 44.7 Å². The number of rotatable bonds is 8. The van der Waals surface area contributed by atoms with Gasteiger partial charge >= 0.3 is 12.0 Å². The lowest BCUT2D eigenvalue weighted by atomic mass is 9.95. The zero-order chi connectivity index (χ0) is 21.5. The molecule has 0 bridgehead atoms. The number of benzene rings is 2. The number of nitrogens with one attached hydrogen (secondary N) is 3. The van der Waals surface area contributed by atoms with Gasteiger partial charge in [-0.05, 0) is 36.8 Å². The molecule has 0 radical (unpaired) electrons. The normalized spacial score (nSPS) is 15.7. The first-order valence-corrected chi connectivity index (χ1v) is 9.55. The van der Waals surface area contributed by atoms with Crippen molar-refractivity contribution in [2.75, 3.05) is 32.7 Å². The van der Waals surface area contributed by atoms with Crippen LogP contribution < -0.4 is 25.4 Å². The van der Waals surface area contributed by atoms with Gasteiger partial charge in [-0.1, -0.05) is 18.2 Å². The molecule has 0 saturated heterocycles. The number of ether oxygens (including phenoxy) is 3. The van der Waals surface area contributed by atoms with Crippen molar-refractivity contribution in [3.05, 3.63) is 65.4 Å². The fourth-order valence-electron chi connectivity index (χ4n) is 3.18. The molecule has 0 aliphatic carbocycles. The van der Waals surface area contributed by atoms with Crippen molar-refractivity contribution >= 4 is 17.7 Å². The molecule has 2 aromatic rings. The standard InChI is InChI=1S/C22H25N3O5/c1-4-30-21(26)19-18(13-23-15-6-5-7-17(12-15)29-3)24-22(27)25-20(19)14-8-10-16(28-2)11-9-14/h5-12,20,23H,4,13H2,1-3H3,(H2,24,25,27). The van der Waals surface area contributed by atoms with Crippen molar-refractivity contribution in [3.63, 3.8) is 0 Å². The van der Waals surface area contributed by atoms with E-state index in [4.69, 9.17) is 14.2 Å². The zero-order valence-corrected chi connectivity index (χ0v) is 17.2. The van der Waals surface area contributed by atoms with Gasteiger partial charge in [0.25, 0.3) is 0 Å². The van der Waals surface area contributed by atoms with Crippen LogP contribution in [-0.4, -0.2) is 39.4 Å². The van der Waals surface area contributed by atoms with Crippen molar-refractivity contribution in [2.24, 2.45) is 0 Å². The summed E-state index contributed by atoms with van der Waals surface area (Å²) in [6.07, 6.45) is 0. The highest BCUT2D eigenvalue weighted by molar-refractivity contribution is 5.95. The second-order valence-electron chi connectivity index (χ2n) is 6.50. The summed E-state index contributed by atoms with van der Waals surface area (Å²) in [5.74, 6) is 0.888. The molecule has 1 atom stereocenters. The summed E-state index contributed by atoms with van der Waals surface area (Å²) < 4.78 is 15.7. The minimum atomic E-state index is -0.647. The third kappa shape index (κ3) is 4.83. The minimum absolute atomic E-state index is 0.224. The van der Waals surface area contributed by atoms with Crippen LogP contribution in [0.3, 0.4) is 0 Å². The first-order valence-electron chi connectivity index (χ1n) is 9.55. The lowest BCUT2D eigenvalue weighted by molar-refractivity contribution is -0.139. The molecule has 2 aromatic carbocycles. The summed E-state index contributed by atoms with van der Waals surface area (Å²) in [6.45, 7) is 2.19. The molecule has 3 N–H and O–H groups in total. The van der Waals surface area contributed by atoms with E-state index in [2.05, 4.69) is 16.0 Å². The Bertz CT molecular complexity index is 940. The number of urea groups is 1. The molecular formula is C22H25N3O5. The molecule has 0 saturated carbocycles. The van der Waals surface area contributed by atoms with E-state index >= 15 is 0 Å². The Morgan fingerprint density at radius 2 is 1.80 bits per heavy atom. The molecule has 3 rings (SSSR count). The zero-order valence-electron chi connectivity index (χ0n) is 17.2. The largest absolute Gasteiger partial charge is 0.497 e. The maximum absolute atomic E-state index is 12.8. The minimum Gasteiger partial charge on any atom is -0.497 e. The average molecular weight is 411 g/mol. The summed E-state index contributed by atoms with van der Waals surface area (Å²) in [5.41, 5.74) is 2.32. The summed E-state index contributed by atoms with van der Waals surface area (Å²) in [5, 5.41) is 8.76. The van der Waals surface area contributed by atoms with Gasteiger partial charge in [-0.2, -0.15) is 0 Å². The quantitative estimate of drug-likeness (QED) is 0.578. The summed E-state index contributed by atoms with van der Waals surface area (Å²) in [4.78, 5) is 25.1. The lowest BCUT2D eigenvalue weighted by Gasteiger charge is -2.29. The number of carbonyl (C=O) groups excluding carboxylic acids is 2. The number of esters is 1. The molecule has 1 unspecified atom stereocenters. The third-order valence-corrected chi connectivity index (χ3v) is 4.64. The molecule has 0 fully saturated rings. The van der Waals surface area contributed by atoms with Gasteiger partial charge in [0.1, 0.15) is 11.5 Å². The van der Waals surface area contributed by atoms with Crippen LogP contribution in [0.15, 0.2) is 59.8 Å². The van der Waals surface area contributed by atoms with Gasteiger partial charge in [0, 0.05) is 11.8 Å². The summed E-state index contributed by atoms with van der Waals surface area (Å²) >= 11 is 0. The van der Waals surface area contributed by atoms with E-state index in [0.29, 0.717) is 22.8 Å². The van der Waals surface area contributed by atoms with E-state index in [0.717, 1.165) is 11.3 Å². The van der Waals surface area contributed by atoms with Crippen LogP contribution in [0.2, 0.25) is 0 Å². The number of anilines is 1. The maximum atomic E-state index is 12.8. The van der Waals surface area contributed by atoms with E-state index in [-0.39, 0.29) is 13.2 Å². The second-order valence-corrected chi connectivity index (χ2v) is 6.50. The van der Waals surface area contributed by atoms with Crippen LogP contribution in [0.4, 0.5) is 10.5 Å². The molecule has 158 valence electrons. The Labute approximate surface area is 175 Å². The molecule has 30 heavy (non-hydrogen) atoms. The smallest absolute Gasteiger partial charge is 0.338 e. The summed E-state index contributed by atoms with van der Waals surface area (Å²) in [7, 11) is 3.17. The summed E-state index contributed by atoms with van der Waals surface area (Å²) in [6, 6.07) is 13.5. The van der Waals surface area contributed by atoms with Gasteiger partial charge < -0.3 is 30.2 Å². The first kappa shape index (κ1) is 21.0. The number of carbonyl (C=O) groups is 2. The molecule has 8 nitrogen and oxygen atoms in total. The van der Waals surface area contributed by atoms with Crippen molar-refractivity contribution in [1.29, 1.82) is 0 Å². The molecular weight excluding hydrogens is 386 g/mol. The fraction of sp³-hybridized carbons (Fsp3) is 0.273. The predicted octanol–water partition coefficient (Wildman–Crippen LogP) is 2.99. The van der Waals surface area contributed by atoms with E-state index in [9.17, 15) is 9.59 Å². The Balaban J connectivity index is 1.94. The van der Waals surface area contributed by atoms with E-state index < -0.39 is 18.0 Å². The first-order chi connectivity index (χ1) is 14.5. The van der Waals surface area contributed by atoms with Gasteiger partial charge in [0.2, 0.25) is 0 Å². The van der Waals surface area contributed by atoms with Crippen molar-refractivity contribution in [2.45, 2.75) is 13.0 Å².